The normalized spacial score (nSPS) is 22.7. The van der Waals surface area contributed by atoms with Crippen molar-refractivity contribution in [2.45, 2.75) is 71.2 Å². The van der Waals surface area contributed by atoms with Gasteiger partial charge < -0.3 is 30.0 Å². The smallest absolute Gasteiger partial charge is 0.308 e. The van der Waals surface area contributed by atoms with Crippen molar-refractivity contribution >= 4 is 17.6 Å². The zero-order valence-electron chi connectivity index (χ0n) is 25.1. The number of carbonyl (C=O) groups excluding carboxylic acids is 1. The van der Waals surface area contributed by atoms with E-state index in [1.807, 2.05) is 41.3 Å². The number of anilines is 1. The summed E-state index contributed by atoms with van der Waals surface area (Å²) >= 11 is 0. The van der Waals surface area contributed by atoms with Gasteiger partial charge in [0.2, 0.25) is 5.91 Å². The lowest BCUT2D eigenvalue weighted by molar-refractivity contribution is -0.147. The molecule has 0 radical (unpaired) electrons. The molecule has 2 aromatic rings. The number of likely N-dealkylation sites (tertiary alicyclic amines) is 1. The monoisotopic (exact) mass is 579 g/mol. The maximum atomic E-state index is 14.1. The topological polar surface area (TPSA) is 115 Å². The molecule has 3 N–H and O–H groups in total. The summed E-state index contributed by atoms with van der Waals surface area (Å²) in [4.78, 5) is 31.0. The van der Waals surface area contributed by atoms with E-state index in [1.54, 1.807) is 0 Å². The van der Waals surface area contributed by atoms with Crippen LogP contribution in [0.25, 0.3) is 0 Å². The van der Waals surface area contributed by atoms with Crippen molar-refractivity contribution in [2.75, 3.05) is 44.4 Å². The molecular formula is C33H45N3O6. The first kappa shape index (κ1) is 30.5. The summed E-state index contributed by atoms with van der Waals surface area (Å²) in [6.07, 6.45) is 2.73. The van der Waals surface area contributed by atoms with Crippen LogP contribution in [0, 0.1) is 11.3 Å². The van der Waals surface area contributed by atoms with Crippen molar-refractivity contribution in [1.82, 2.24) is 4.90 Å². The molecule has 9 nitrogen and oxygen atoms in total. The van der Waals surface area contributed by atoms with E-state index in [2.05, 4.69) is 31.7 Å². The summed E-state index contributed by atoms with van der Waals surface area (Å²) in [6, 6.07) is 13.5. The maximum Gasteiger partial charge on any atom is 0.308 e. The fourth-order valence-corrected chi connectivity index (χ4v) is 6.79. The molecule has 2 aromatic carbocycles. The molecule has 3 heterocycles. The Bertz CT molecular complexity index is 1260. The Morgan fingerprint density at radius 3 is 2.62 bits per heavy atom. The van der Waals surface area contributed by atoms with Crippen LogP contribution in [0.3, 0.4) is 0 Å². The van der Waals surface area contributed by atoms with Crippen molar-refractivity contribution in [3.8, 4) is 5.75 Å². The molecule has 42 heavy (non-hydrogen) atoms. The van der Waals surface area contributed by atoms with Gasteiger partial charge in [0, 0.05) is 49.1 Å². The lowest BCUT2D eigenvalue weighted by Crippen LogP contribution is -2.47. The van der Waals surface area contributed by atoms with Gasteiger partial charge in [0.05, 0.1) is 32.3 Å². The van der Waals surface area contributed by atoms with E-state index >= 15 is 0 Å². The highest BCUT2D eigenvalue weighted by atomic mass is 16.7. The number of carboxylic acids is 1. The van der Waals surface area contributed by atoms with Crippen molar-refractivity contribution in [3.05, 3.63) is 59.2 Å². The fourth-order valence-electron chi connectivity index (χ4n) is 6.79. The van der Waals surface area contributed by atoms with Crippen LogP contribution in [-0.2, 0) is 32.0 Å². The average Bonchev–Trinajstić information content (AvgIpc) is 3.74. The van der Waals surface area contributed by atoms with Crippen LogP contribution in [0.15, 0.2) is 42.5 Å². The van der Waals surface area contributed by atoms with Crippen molar-refractivity contribution in [1.29, 1.82) is 0 Å². The van der Waals surface area contributed by atoms with Gasteiger partial charge in [-0.05, 0) is 47.7 Å². The molecule has 0 aromatic heterocycles. The van der Waals surface area contributed by atoms with E-state index in [1.165, 1.54) is 0 Å². The molecule has 0 bridgehead atoms. The van der Waals surface area contributed by atoms with Gasteiger partial charge in [-0.1, -0.05) is 51.5 Å². The molecule has 3 aliphatic rings. The first-order chi connectivity index (χ1) is 20.2. The SMILES string of the molecule is CCCCN(C(=O)CN1C[C@H](c2ccc3c(c2)CCO3)C(C(=O)O)[C@@H]1CC(C)(C)C1OCCO1)c1cccc(CN)c1. The average molecular weight is 580 g/mol. The number of rotatable bonds is 12. The molecule has 0 aliphatic carbocycles. The number of aliphatic carboxylic acids is 1. The Labute approximate surface area is 248 Å². The molecule has 0 saturated carbocycles. The number of nitrogens with zero attached hydrogens (tertiary/aromatic N) is 2. The number of unbranched alkanes of at least 4 members (excludes halogenated alkanes) is 1. The van der Waals surface area contributed by atoms with Gasteiger partial charge in [-0.25, -0.2) is 0 Å². The van der Waals surface area contributed by atoms with Crippen LogP contribution in [-0.4, -0.2) is 73.7 Å². The second kappa shape index (κ2) is 13.1. The van der Waals surface area contributed by atoms with Gasteiger partial charge in [-0.15, -0.1) is 0 Å². The number of fused-ring (bicyclic) bond motifs is 1. The molecule has 0 spiro atoms. The van der Waals surface area contributed by atoms with Gasteiger partial charge >= 0.3 is 5.97 Å². The number of carboxylic acid groups (broad SMARTS) is 1. The molecular weight excluding hydrogens is 534 g/mol. The third-order valence-corrected chi connectivity index (χ3v) is 9.00. The summed E-state index contributed by atoms with van der Waals surface area (Å²) in [5.74, 6) is -0.976. The van der Waals surface area contributed by atoms with E-state index in [9.17, 15) is 14.7 Å². The molecule has 2 fully saturated rings. The Hall–Kier alpha value is -2.98. The third kappa shape index (κ3) is 6.49. The molecule has 1 unspecified atom stereocenters. The summed E-state index contributed by atoms with van der Waals surface area (Å²) < 4.78 is 17.5. The van der Waals surface area contributed by atoms with Crippen molar-refractivity contribution < 1.29 is 28.9 Å². The molecule has 1 amide bonds. The van der Waals surface area contributed by atoms with Gasteiger partial charge in [0.25, 0.3) is 0 Å². The Morgan fingerprint density at radius 2 is 1.90 bits per heavy atom. The van der Waals surface area contributed by atoms with Crippen molar-refractivity contribution in [3.63, 3.8) is 0 Å². The number of nitrogens with two attached hydrogens (primary N) is 1. The number of benzene rings is 2. The highest BCUT2D eigenvalue weighted by Crippen LogP contribution is 2.45. The van der Waals surface area contributed by atoms with Crippen LogP contribution in [0.2, 0.25) is 0 Å². The number of amides is 1. The van der Waals surface area contributed by atoms with E-state index in [4.69, 9.17) is 19.9 Å². The second-order valence-corrected chi connectivity index (χ2v) is 12.5. The Balaban J connectivity index is 1.47. The minimum Gasteiger partial charge on any atom is -0.493 e. The number of hydrogen-bond donors (Lipinski definition) is 2. The third-order valence-electron chi connectivity index (χ3n) is 9.00. The first-order valence-electron chi connectivity index (χ1n) is 15.3. The molecule has 9 heteroatoms. The van der Waals surface area contributed by atoms with Crippen LogP contribution >= 0.6 is 0 Å². The lowest BCUT2D eigenvalue weighted by atomic mass is 9.77. The number of carbonyl (C=O) groups is 2. The first-order valence-corrected chi connectivity index (χ1v) is 15.3. The standard InChI is InChI=1S/C33H45N3O6/c1-4-5-12-36(25-8-6-7-22(16-25)19-34)29(37)21-35-20-26(23-9-10-28-24(17-23)11-13-40-28)30(31(38)39)27(35)18-33(2,3)32-41-14-15-42-32/h6-10,16-17,26-27,30,32H,4-5,11-15,18-21,34H2,1-3H3,(H,38,39)/t26-,27+,30?/m1/s1. The minimum atomic E-state index is -0.848. The summed E-state index contributed by atoms with van der Waals surface area (Å²) in [5.41, 5.74) is 9.34. The highest BCUT2D eigenvalue weighted by Gasteiger charge is 2.50. The summed E-state index contributed by atoms with van der Waals surface area (Å²) in [5, 5.41) is 10.7. The molecule has 2 saturated heterocycles. The van der Waals surface area contributed by atoms with Gasteiger partial charge in [0.15, 0.2) is 6.29 Å². The number of ether oxygens (including phenoxy) is 3. The quantitative estimate of drug-likeness (QED) is 0.385. The van der Waals surface area contributed by atoms with Crippen LogP contribution in [0.5, 0.6) is 5.75 Å². The summed E-state index contributed by atoms with van der Waals surface area (Å²) in [7, 11) is 0. The largest absolute Gasteiger partial charge is 0.493 e. The Morgan fingerprint density at radius 1 is 1.12 bits per heavy atom. The van der Waals surface area contributed by atoms with E-state index in [0.717, 1.165) is 47.4 Å². The minimum absolute atomic E-state index is 0.0408. The maximum absolute atomic E-state index is 14.1. The van der Waals surface area contributed by atoms with Crippen molar-refractivity contribution in [2.24, 2.45) is 17.1 Å². The molecule has 3 atom stereocenters. The Kier molecular flexibility index (Phi) is 9.52. The molecule has 228 valence electrons. The zero-order valence-corrected chi connectivity index (χ0v) is 25.1. The van der Waals surface area contributed by atoms with Gasteiger partial charge in [0.1, 0.15) is 5.75 Å². The summed E-state index contributed by atoms with van der Waals surface area (Å²) in [6.45, 7) is 9.51. The van der Waals surface area contributed by atoms with Crippen LogP contribution < -0.4 is 15.4 Å². The highest BCUT2D eigenvalue weighted by molar-refractivity contribution is 5.95. The molecule has 3 aliphatic heterocycles. The van der Waals surface area contributed by atoms with Gasteiger partial charge in [-0.2, -0.15) is 0 Å². The fraction of sp³-hybridized carbons (Fsp3) is 0.576. The van der Waals surface area contributed by atoms with Crippen LogP contribution in [0.1, 0.15) is 62.6 Å². The van der Waals surface area contributed by atoms with E-state index in [0.29, 0.717) is 45.9 Å². The van der Waals surface area contributed by atoms with E-state index < -0.39 is 23.6 Å². The van der Waals surface area contributed by atoms with Gasteiger partial charge in [-0.3, -0.25) is 14.5 Å². The second-order valence-electron chi connectivity index (χ2n) is 12.5. The van der Waals surface area contributed by atoms with Crippen LogP contribution in [0.4, 0.5) is 5.69 Å². The lowest BCUT2D eigenvalue weighted by Gasteiger charge is -2.37. The number of hydrogen-bond acceptors (Lipinski definition) is 7. The predicted molar refractivity (Wildman–Crippen MR) is 161 cm³/mol. The predicted octanol–water partition coefficient (Wildman–Crippen LogP) is 4.17. The van der Waals surface area contributed by atoms with E-state index in [-0.39, 0.29) is 24.4 Å². The zero-order chi connectivity index (χ0) is 29.9. The molecule has 5 rings (SSSR count).